The van der Waals surface area contributed by atoms with Crippen molar-refractivity contribution in [2.24, 2.45) is 0 Å². The fourth-order valence-corrected chi connectivity index (χ4v) is 0.900. The molecule has 2 heterocycles. The van der Waals surface area contributed by atoms with E-state index >= 15 is 0 Å². The Labute approximate surface area is 74.3 Å². The summed E-state index contributed by atoms with van der Waals surface area (Å²) in [6, 6.07) is 5.12. The van der Waals surface area contributed by atoms with E-state index in [1.807, 2.05) is 0 Å². The molecule has 0 saturated heterocycles. The molecule has 13 heavy (non-hydrogen) atoms. The lowest BCUT2D eigenvalue weighted by Crippen LogP contribution is -2.29. The van der Waals surface area contributed by atoms with E-state index < -0.39 is 0 Å². The van der Waals surface area contributed by atoms with Gasteiger partial charge in [0.2, 0.25) is 6.20 Å². The monoisotopic (exact) mass is 173 g/mol. The molecule has 0 unspecified atom stereocenters. The van der Waals surface area contributed by atoms with Gasteiger partial charge >= 0.3 is 0 Å². The van der Waals surface area contributed by atoms with Crippen LogP contribution >= 0.6 is 0 Å². The summed E-state index contributed by atoms with van der Waals surface area (Å²) in [5.41, 5.74) is 1.30. The highest BCUT2D eigenvalue weighted by Gasteiger charge is 2.01. The van der Waals surface area contributed by atoms with Crippen LogP contribution in [0.1, 0.15) is 0 Å². The molecule has 1 radical (unpaired) electrons. The standard InChI is InChI=1S/C8H5N4O/c13-12-5-3-7(6-10-12)8-2-1-4-9-11-8/h1-5H. The first kappa shape index (κ1) is 7.60. The van der Waals surface area contributed by atoms with Crippen molar-refractivity contribution in [3.8, 4) is 11.3 Å². The zero-order chi connectivity index (χ0) is 9.10. The molecule has 5 nitrogen and oxygen atoms in total. The molecule has 0 aromatic carbocycles. The highest BCUT2D eigenvalue weighted by Crippen LogP contribution is 2.10. The molecule has 2 rings (SSSR count). The van der Waals surface area contributed by atoms with Crippen LogP contribution in [0.25, 0.3) is 11.3 Å². The third-order valence-electron chi connectivity index (χ3n) is 1.49. The molecular weight excluding hydrogens is 168 g/mol. The molecule has 0 spiro atoms. The van der Waals surface area contributed by atoms with Crippen molar-refractivity contribution < 1.29 is 4.85 Å². The molecule has 0 atom stereocenters. The lowest BCUT2D eigenvalue weighted by Gasteiger charge is -1.95. The van der Waals surface area contributed by atoms with Gasteiger partial charge in [0.1, 0.15) is 0 Å². The molecule has 2 aromatic heterocycles. The van der Waals surface area contributed by atoms with Gasteiger partial charge in [0, 0.05) is 22.9 Å². The van der Waals surface area contributed by atoms with Gasteiger partial charge in [0.25, 0.3) is 0 Å². The fourth-order valence-electron chi connectivity index (χ4n) is 0.900. The van der Waals surface area contributed by atoms with Gasteiger partial charge in [-0.25, -0.2) is 0 Å². The van der Waals surface area contributed by atoms with Gasteiger partial charge in [-0.2, -0.15) is 10.2 Å². The predicted molar refractivity (Wildman–Crippen MR) is 43.1 cm³/mol. The summed E-state index contributed by atoms with van der Waals surface area (Å²) in [5, 5.41) is 21.6. The minimum absolute atomic E-state index is 0.430. The van der Waals surface area contributed by atoms with E-state index in [0.29, 0.717) is 16.1 Å². The van der Waals surface area contributed by atoms with E-state index in [-0.39, 0.29) is 0 Å². The van der Waals surface area contributed by atoms with Gasteiger partial charge in [0.15, 0.2) is 6.20 Å². The molecule has 0 saturated carbocycles. The number of rotatable bonds is 1. The Hall–Kier alpha value is -2.04. The van der Waals surface area contributed by atoms with Crippen LogP contribution in [-0.4, -0.2) is 15.3 Å². The summed E-state index contributed by atoms with van der Waals surface area (Å²) in [5.74, 6) is 0. The number of hydrogen-bond donors (Lipinski definition) is 0. The Morgan fingerprint density at radius 1 is 1.38 bits per heavy atom. The Morgan fingerprint density at radius 2 is 2.31 bits per heavy atom. The second-order valence-electron chi connectivity index (χ2n) is 2.35. The average molecular weight is 173 g/mol. The van der Waals surface area contributed by atoms with E-state index in [4.69, 9.17) is 0 Å². The van der Waals surface area contributed by atoms with E-state index in [1.54, 1.807) is 24.4 Å². The first-order valence-corrected chi connectivity index (χ1v) is 3.62. The molecule has 0 fully saturated rings. The van der Waals surface area contributed by atoms with Crippen molar-refractivity contribution in [3.63, 3.8) is 0 Å². The summed E-state index contributed by atoms with van der Waals surface area (Å²) >= 11 is 0. The van der Waals surface area contributed by atoms with E-state index in [0.717, 1.165) is 0 Å². The lowest BCUT2D eigenvalue weighted by molar-refractivity contribution is -0.669. The Kier molecular flexibility index (Phi) is 1.84. The topological polar surface area (TPSA) is 65.6 Å². The molecule has 63 valence electrons. The SMILES string of the molecule is [O-][n+]1ccc(-c2cccnn2)[c]n1. The fraction of sp³-hybridized carbons (Fsp3) is 0. The van der Waals surface area contributed by atoms with Crippen LogP contribution in [0.2, 0.25) is 0 Å². The average Bonchev–Trinajstić information content (AvgIpc) is 2.20. The molecule has 5 heteroatoms. The minimum atomic E-state index is 0.430. The zero-order valence-electron chi connectivity index (χ0n) is 6.58. The molecule has 0 N–H and O–H groups in total. The largest absolute Gasteiger partial charge is 0.594 e. The van der Waals surface area contributed by atoms with Crippen molar-refractivity contribution in [2.45, 2.75) is 0 Å². The van der Waals surface area contributed by atoms with Crippen LogP contribution in [0.3, 0.4) is 0 Å². The van der Waals surface area contributed by atoms with E-state index in [2.05, 4.69) is 21.5 Å². The van der Waals surface area contributed by atoms with Crippen molar-refractivity contribution in [3.05, 3.63) is 42.0 Å². The predicted octanol–water partition coefficient (Wildman–Crippen LogP) is -0.0278. The van der Waals surface area contributed by atoms with E-state index in [9.17, 15) is 5.21 Å². The molecule has 0 amide bonds. The van der Waals surface area contributed by atoms with Crippen molar-refractivity contribution >= 4 is 0 Å². The molecule has 0 bridgehead atoms. The zero-order valence-corrected chi connectivity index (χ0v) is 6.58. The summed E-state index contributed by atoms with van der Waals surface area (Å²) in [6.07, 6.45) is 5.42. The number of aromatic nitrogens is 4. The molecular formula is C8H5N4O. The van der Waals surface area contributed by atoms with Crippen LogP contribution in [0.4, 0.5) is 0 Å². The lowest BCUT2D eigenvalue weighted by atomic mass is 10.2. The first-order chi connectivity index (χ1) is 6.36. The third kappa shape index (κ3) is 1.58. The highest BCUT2D eigenvalue weighted by molar-refractivity contribution is 5.54. The van der Waals surface area contributed by atoms with Crippen molar-refractivity contribution in [1.82, 2.24) is 15.3 Å². The summed E-state index contributed by atoms with van der Waals surface area (Å²) < 4.78 is 0. The third-order valence-corrected chi connectivity index (χ3v) is 1.49. The van der Waals surface area contributed by atoms with E-state index in [1.165, 1.54) is 6.20 Å². The summed E-state index contributed by atoms with van der Waals surface area (Å²) in [6.45, 7) is 0. The smallest absolute Gasteiger partial charge is 0.210 e. The van der Waals surface area contributed by atoms with Gasteiger partial charge in [-0.15, -0.1) is 0 Å². The number of hydrogen-bond acceptors (Lipinski definition) is 4. The highest BCUT2D eigenvalue weighted by atomic mass is 16.5. The molecule has 2 aromatic rings. The van der Waals surface area contributed by atoms with Gasteiger partial charge < -0.3 is 5.21 Å². The van der Waals surface area contributed by atoms with Crippen LogP contribution in [0, 0.1) is 11.4 Å². The maximum Gasteiger partial charge on any atom is 0.210 e. The Morgan fingerprint density at radius 3 is 2.92 bits per heavy atom. The van der Waals surface area contributed by atoms with Crippen LogP contribution in [-0.2, 0) is 0 Å². The van der Waals surface area contributed by atoms with Crippen LogP contribution in [0.15, 0.2) is 30.6 Å². The van der Waals surface area contributed by atoms with Gasteiger partial charge in [0.05, 0.1) is 5.69 Å². The van der Waals surface area contributed by atoms with Crippen molar-refractivity contribution in [2.75, 3.05) is 0 Å². The Balaban J connectivity index is 2.42. The second-order valence-corrected chi connectivity index (χ2v) is 2.35. The molecule has 0 aliphatic heterocycles. The second kappa shape index (κ2) is 3.14. The maximum absolute atomic E-state index is 10.6. The summed E-state index contributed by atoms with van der Waals surface area (Å²) in [7, 11) is 0. The summed E-state index contributed by atoms with van der Waals surface area (Å²) in [4.78, 5) is 0.430. The number of nitrogens with zero attached hydrogens (tertiary/aromatic N) is 4. The van der Waals surface area contributed by atoms with Gasteiger partial charge in [-0.1, -0.05) is 4.85 Å². The minimum Gasteiger partial charge on any atom is -0.594 e. The van der Waals surface area contributed by atoms with Crippen LogP contribution in [0.5, 0.6) is 0 Å². The van der Waals surface area contributed by atoms with Gasteiger partial charge in [-0.3, -0.25) is 0 Å². The quantitative estimate of drug-likeness (QED) is 0.448. The first-order valence-electron chi connectivity index (χ1n) is 3.62. The maximum atomic E-state index is 10.6. The normalized spacial score (nSPS) is 9.85. The van der Waals surface area contributed by atoms with Gasteiger partial charge in [-0.05, 0) is 12.1 Å². The molecule has 0 aliphatic carbocycles. The molecule has 0 aliphatic rings. The van der Waals surface area contributed by atoms with Crippen molar-refractivity contribution in [1.29, 1.82) is 0 Å². The van der Waals surface area contributed by atoms with Crippen LogP contribution < -0.4 is 4.85 Å². The Bertz CT molecular complexity index is 387.